The zero-order valence-corrected chi connectivity index (χ0v) is 22.0. The van der Waals surface area contributed by atoms with Gasteiger partial charge in [0, 0.05) is 44.1 Å². The molecule has 2 aliphatic heterocycles. The highest BCUT2D eigenvalue weighted by molar-refractivity contribution is 6.22. The predicted octanol–water partition coefficient (Wildman–Crippen LogP) is 4.51. The van der Waals surface area contributed by atoms with Gasteiger partial charge in [-0.25, -0.2) is 15.2 Å². The van der Waals surface area contributed by atoms with Crippen LogP contribution in [-0.2, 0) is 0 Å². The molecule has 0 saturated carbocycles. The SMILES string of the molecule is CN1CCCN(c2ccc(C3=C4C(=O)c5c(NC(=O)NN(C)c6ccccn6)cccc5C4N=N3)cc2)CC1. The van der Waals surface area contributed by atoms with Gasteiger partial charge < -0.3 is 15.1 Å². The fourth-order valence-corrected chi connectivity index (χ4v) is 5.36. The minimum atomic E-state index is -0.479. The molecule has 3 aromatic rings. The summed E-state index contributed by atoms with van der Waals surface area (Å²) in [5, 5.41) is 13.2. The molecule has 2 aromatic carbocycles. The summed E-state index contributed by atoms with van der Waals surface area (Å²) in [5.74, 6) is 0.421. The van der Waals surface area contributed by atoms with Gasteiger partial charge in [-0.1, -0.05) is 30.3 Å². The second kappa shape index (κ2) is 10.3. The molecule has 1 unspecified atom stereocenters. The quantitative estimate of drug-likeness (QED) is 0.478. The molecular weight excluding hydrogens is 492 g/mol. The fraction of sp³-hybridized carbons (Fsp3) is 0.276. The van der Waals surface area contributed by atoms with Crippen molar-refractivity contribution in [2.75, 3.05) is 55.5 Å². The molecule has 3 aliphatic rings. The smallest absolute Gasteiger partial charge is 0.338 e. The van der Waals surface area contributed by atoms with Crippen molar-refractivity contribution in [3.8, 4) is 0 Å². The van der Waals surface area contributed by atoms with Crippen LogP contribution in [0.1, 0.15) is 33.9 Å². The monoisotopic (exact) mass is 522 g/mol. The molecule has 2 N–H and O–H groups in total. The zero-order valence-electron chi connectivity index (χ0n) is 22.0. The second-order valence-electron chi connectivity index (χ2n) is 9.98. The van der Waals surface area contributed by atoms with Gasteiger partial charge in [0.2, 0.25) is 0 Å². The molecule has 10 heteroatoms. The number of hydrogen-bond donors (Lipinski definition) is 2. The number of pyridine rings is 1. The van der Waals surface area contributed by atoms with Crippen LogP contribution in [0.4, 0.5) is 22.0 Å². The minimum Gasteiger partial charge on any atom is -0.370 e. The number of hydrogen-bond acceptors (Lipinski definition) is 8. The zero-order chi connectivity index (χ0) is 26.9. The molecule has 3 heterocycles. The van der Waals surface area contributed by atoms with Gasteiger partial charge in [0.1, 0.15) is 17.6 Å². The van der Waals surface area contributed by atoms with Crippen LogP contribution in [0.25, 0.3) is 5.70 Å². The molecule has 6 rings (SSSR count). The third-order valence-electron chi connectivity index (χ3n) is 7.40. The summed E-state index contributed by atoms with van der Waals surface area (Å²) in [6.45, 7) is 4.15. The summed E-state index contributed by atoms with van der Waals surface area (Å²) in [6, 6.07) is 18.1. The fourth-order valence-electron chi connectivity index (χ4n) is 5.36. The number of ketones is 1. The van der Waals surface area contributed by atoms with Gasteiger partial charge in [-0.05, 0) is 55.9 Å². The average Bonchev–Trinajstić information content (AvgIpc) is 3.43. The third kappa shape index (κ3) is 4.74. The van der Waals surface area contributed by atoms with E-state index in [-0.39, 0.29) is 5.78 Å². The topological polar surface area (TPSA) is 106 Å². The van der Waals surface area contributed by atoms with Crippen molar-refractivity contribution in [3.63, 3.8) is 0 Å². The molecule has 198 valence electrons. The number of azo groups is 1. The summed E-state index contributed by atoms with van der Waals surface area (Å²) in [7, 11) is 3.85. The van der Waals surface area contributed by atoms with Gasteiger partial charge in [0.05, 0.1) is 16.8 Å². The minimum absolute atomic E-state index is 0.163. The van der Waals surface area contributed by atoms with Crippen molar-refractivity contribution in [1.82, 2.24) is 15.3 Å². The molecule has 0 spiro atoms. The maximum Gasteiger partial charge on any atom is 0.338 e. The Morgan fingerprint density at radius 1 is 1.00 bits per heavy atom. The van der Waals surface area contributed by atoms with Crippen LogP contribution in [-0.4, -0.2) is 62.0 Å². The van der Waals surface area contributed by atoms with E-state index in [0.29, 0.717) is 28.3 Å². The highest BCUT2D eigenvalue weighted by Crippen LogP contribution is 2.49. The normalized spacial score (nSPS) is 18.6. The number of Topliss-reactive ketones (excluding diaryl/α,β-unsaturated/α-hetero) is 1. The molecule has 39 heavy (non-hydrogen) atoms. The van der Waals surface area contributed by atoms with E-state index in [1.165, 1.54) is 10.7 Å². The van der Waals surface area contributed by atoms with E-state index in [9.17, 15) is 9.59 Å². The van der Waals surface area contributed by atoms with Crippen molar-refractivity contribution >= 4 is 34.7 Å². The Kier molecular flexibility index (Phi) is 6.54. The van der Waals surface area contributed by atoms with Crippen molar-refractivity contribution in [2.45, 2.75) is 12.5 Å². The van der Waals surface area contributed by atoms with E-state index >= 15 is 0 Å². The van der Waals surface area contributed by atoms with Crippen LogP contribution in [0.5, 0.6) is 0 Å². The summed E-state index contributed by atoms with van der Waals surface area (Å²) in [6.07, 6.45) is 2.78. The van der Waals surface area contributed by atoms with Crippen molar-refractivity contribution in [3.05, 3.63) is 89.1 Å². The maximum absolute atomic E-state index is 13.7. The van der Waals surface area contributed by atoms with Gasteiger partial charge >= 0.3 is 6.03 Å². The number of hydrazine groups is 1. The van der Waals surface area contributed by atoms with Gasteiger partial charge in [0.15, 0.2) is 5.78 Å². The van der Waals surface area contributed by atoms with Crippen LogP contribution in [0, 0.1) is 0 Å². The molecule has 1 atom stereocenters. The first-order valence-corrected chi connectivity index (χ1v) is 13.1. The van der Waals surface area contributed by atoms with E-state index in [2.05, 4.69) is 54.9 Å². The van der Waals surface area contributed by atoms with Crippen LogP contribution in [0.2, 0.25) is 0 Å². The van der Waals surface area contributed by atoms with E-state index < -0.39 is 12.1 Å². The molecule has 10 nitrogen and oxygen atoms in total. The second-order valence-corrected chi connectivity index (χ2v) is 9.98. The Morgan fingerprint density at radius 2 is 1.85 bits per heavy atom. The number of urea groups is 1. The largest absolute Gasteiger partial charge is 0.370 e. The molecule has 0 radical (unpaired) electrons. The van der Waals surface area contributed by atoms with Crippen molar-refractivity contribution in [1.29, 1.82) is 0 Å². The number of carbonyl (C=O) groups is 2. The lowest BCUT2D eigenvalue weighted by Crippen LogP contribution is -2.42. The van der Waals surface area contributed by atoms with Gasteiger partial charge in [0.25, 0.3) is 0 Å². The van der Waals surface area contributed by atoms with E-state index in [4.69, 9.17) is 0 Å². The Bertz CT molecular complexity index is 1470. The molecule has 1 saturated heterocycles. The number of fused-ring (bicyclic) bond motifs is 3. The first kappa shape index (κ1) is 24.7. The van der Waals surface area contributed by atoms with E-state index in [1.807, 2.05) is 30.3 Å². The van der Waals surface area contributed by atoms with Crippen LogP contribution in [0.3, 0.4) is 0 Å². The van der Waals surface area contributed by atoms with Gasteiger partial charge in [-0.3, -0.25) is 9.80 Å². The molecule has 0 bridgehead atoms. The number of rotatable bonds is 5. The van der Waals surface area contributed by atoms with E-state index in [0.717, 1.165) is 43.7 Å². The summed E-state index contributed by atoms with van der Waals surface area (Å²) >= 11 is 0. The maximum atomic E-state index is 13.7. The number of nitrogens with zero attached hydrogens (tertiary/aromatic N) is 6. The molecule has 2 amide bonds. The number of likely N-dealkylation sites (N-methyl/N-ethyl adjacent to an activating group) is 1. The first-order valence-electron chi connectivity index (χ1n) is 13.1. The average molecular weight is 523 g/mol. The number of nitrogens with one attached hydrogen (secondary N) is 2. The highest BCUT2D eigenvalue weighted by atomic mass is 16.2. The van der Waals surface area contributed by atoms with Crippen LogP contribution < -0.4 is 20.7 Å². The lowest BCUT2D eigenvalue weighted by molar-refractivity contribution is 0.103. The van der Waals surface area contributed by atoms with Crippen LogP contribution >= 0.6 is 0 Å². The predicted molar refractivity (Wildman–Crippen MR) is 151 cm³/mol. The first-order chi connectivity index (χ1) is 19.0. The summed E-state index contributed by atoms with van der Waals surface area (Å²) in [5.41, 5.74) is 7.52. The highest BCUT2D eigenvalue weighted by Gasteiger charge is 2.42. The molecule has 1 aromatic heterocycles. The van der Waals surface area contributed by atoms with E-state index in [1.54, 1.807) is 31.4 Å². The standard InChI is InChI=1S/C29H30N8O2/c1-35-15-6-16-37(18-17-35)20-12-10-19(11-13-20)26-25-27(33-32-26)21-7-5-8-22(24(21)28(25)38)31-29(39)34-36(2)23-9-3-4-14-30-23/h3-5,7-14,27H,6,15-18H2,1-2H3,(H2,31,34,39). The number of benzene rings is 2. The Balaban J connectivity index is 1.22. The van der Waals surface area contributed by atoms with Crippen molar-refractivity contribution in [2.24, 2.45) is 10.2 Å². The lowest BCUT2D eigenvalue weighted by Gasteiger charge is -2.23. The number of carbonyl (C=O) groups excluding carboxylic acids is 2. The lowest BCUT2D eigenvalue weighted by atomic mass is 10.0. The summed E-state index contributed by atoms with van der Waals surface area (Å²) in [4.78, 5) is 35.5. The Morgan fingerprint density at radius 3 is 2.64 bits per heavy atom. The number of amides is 2. The van der Waals surface area contributed by atoms with Crippen LogP contribution in [0.15, 0.2) is 82.7 Å². The molecule has 1 aliphatic carbocycles. The van der Waals surface area contributed by atoms with Gasteiger partial charge in [-0.2, -0.15) is 10.2 Å². The van der Waals surface area contributed by atoms with Gasteiger partial charge in [-0.15, -0.1) is 0 Å². The summed E-state index contributed by atoms with van der Waals surface area (Å²) < 4.78 is 0. The number of aromatic nitrogens is 1. The Hall–Kier alpha value is -4.57. The number of anilines is 3. The third-order valence-corrected chi connectivity index (χ3v) is 7.40. The molecular formula is C29H30N8O2. The molecule has 1 fully saturated rings. The Labute approximate surface area is 227 Å². The van der Waals surface area contributed by atoms with Crippen molar-refractivity contribution < 1.29 is 9.59 Å².